The molecule has 2 fully saturated rings. The molecule has 5 rings (SSSR count). The molecule has 2 aliphatic heterocycles. The molecule has 224 valence electrons. The monoisotopic (exact) mass is 594 g/mol. The number of hydrogen-bond donors (Lipinski definition) is 5. The lowest BCUT2D eigenvalue weighted by Crippen LogP contribution is -2.41. The van der Waals surface area contributed by atoms with Gasteiger partial charge in [-0.1, -0.05) is 55.0 Å². The second-order valence-electron chi connectivity index (χ2n) is 11.1. The number of carbonyl (C=O) groups excluding carboxylic acids is 3. The Morgan fingerprint density at radius 1 is 0.976 bits per heavy atom. The second-order valence-corrected chi connectivity index (χ2v) is 12.3. The van der Waals surface area contributed by atoms with Gasteiger partial charge in [0, 0.05) is 29.9 Å². The van der Waals surface area contributed by atoms with Crippen LogP contribution in [-0.4, -0.2) is 71.4 Å². The van der Waals surface area contributed by atoms with Gasteiger partial charge >= 0.3 is 18.1 Å². The van der Waals surface area contributed by atoms with E-state index in [4.69, 9.17) is 4.74 Å². The summed E-state index contributed by atoms with van der Waals surface area (Å²) in [5.74, 6) is -0.309. The summed E-state index contributed by atoms with van der Waals surface area (Å²) in [5.41, 5.74) is 4.42. The molecule has 0 spiro atoms. The largest absolute Gasteiger partial charge is 0.480 e. The molecule has 4 atom stereocenters. The molecule has 2 aromatic rings. The minimum Gasteiger partial charge on any atom is -0.480 e. The van der Waals surface area contributed by atoms with Crippen LogP contribution in [0.2, 0.25) is 0 Å². The van der Waals surface area contributed by atoms with E-state index in [1.54, 1.807) is 0 Å². The van der Waals surface area contributed by atoms with Crippen molar-refractivity contribution in [2.75, 3.05) is 18.9 Å². The maximum Gasteiger partial charge on any atom is 0.407 e. The van der Waals surface area contributed by atoms with Crippen molar-refractivity contribution in [1.82, 2.24) is 21.3 Å². The summed E-state index contributed by atoms with van der Waals surface area (Å²) < 4.78 is 5.49. The standard InChI is InChI=1S/C31H38N4O6S/c36-27(15-6-5-14-26-28-25(18-42-26)33-30(39)35-28)32-16-8-7-13-24(29(37)38)34-31(40)41-17-23-21-11-3-1-9-19(21)20-10-2-4-12-22(20)23/h1-4,9-12,23-26,28H,5-8,13-18H2,(H,32,36)(H,34,40)(H,37,38)(H2,33,35,39)/t24-,25+,26+,28-/m1/s1. The summed E-state index contributed by atoms with van der Waals surface area (Å²) in [5, 5.41) is 21.3. The molecule has 0 unspecified atom stereocenters. The third kappa shape index (κ3) is 7.18. The molecule has 0 aromatic heterocycles. The number of unbranched alkanes of at least 4 members (excludes halogenated alkanes) is 2. The first-order chi connectivity index (χ1) is 20.4. The fourth-order valence-electron chi connectivity index (χ4n) is 6.10. The molecular weight excluding hydrogens is 556 g/mol. The Labute approximate surface area is 249 Å². The van der Waals surface area contributed by atoms with E-state index in [0.29, 0.717) is 31.1 Å². The summed E-state index contributed by atoms with van der Waals surface area (Å²) in [7, 11) is 0. The Hall–Kier alpha value is -3.73. The van der Waals surface area contributed by atoms with Gasteiger partial charge in [0.25, 0.3) is 0 Å². The van der Waals surface area contributed by atoms with Crippen molar-refractivity contribution in [2.24, 2.45) is 0 Å². The zero-order chi connectivity index (χ0) is 29.5. The fourth-order valence-corrected chi connectivity index (χ4v) is 7.65. The first-order valence-electron chi connectivity index (χ1n) is 14.7. The second kappa shape index (κ2) is 14.0. The first kappa shape index (κ1) is 29.8. The summed E-state index contributed by atoms with van der Waals surface area (Å²) in [6, 6.07) is 15.3. The van der Waals surface area contributed by atoms with Gasteiger partial charge in [0.15, 0.2) is 0 Å². The van der Waals surface area contributed by atoms with Crippen molar-refractivity contribution in [3.63, 3.8) is 0 Å². The molecule has 2 aromatic carbocycles. The summed E-state index contributed by atoms with van der Waals surface area (Å²) in [6.07, 6.45) is 3.74. The highest BCUT2D eigenvalue weighted by molar-refractivity contribution is 8.00. The lowest BCUT2D eigenvalue weighted by atomic mass is 9.98. The molecule has 2 heterocycles. The number of amides is 4. The molecule has 4 amide bonds. The number of ether oxygens (including phenoxy) is 1. The molecule has 0 saturated carbocycles. The molecule has 42 heavy (non-hydrogen) atoms. The Kier molecular flexibility index (Phi) is 9.89. The van der Waals surface area contributed by atoms with E-state index in [2.05, 4.69) is 33.4 Å². The number of carbonyl (C=O) groups is 4. The Morgan fingerprint density at radius 2 is 1.69 bits per heavy atom. The lowest BCUT2D eigenvalue weighted by Gasteiger charge is -2.17. The van der Waals surface area contributed by atoms with Gasteiger partial charge in [-0.15, -0.1) is 0 Å². The van der Waals surface area contributed by atoms with Gasteiger partial charge in [-0.3, -0.25) is 4.79 Å². The van der Waals surface area contributed by atoms with Crippen LogP contribution in [0, 0.1) is 0 Å². The van der Waals surface area contributed by atoms with Gasteiger partial charge in [0.05, 0.1) is 12.1 Å². The number of aliphatic carboxylic acids is 1. The smallest absolute Gasteiger partial charge is 0.407 e. The third-order valence-corrected chi connectivity index (χ3v) is 9.76. The van der Waals surface area contributed by atoms with E-state index in [-0.39, 0.29) is 43.0 Å². The van der Waals surface area contributed by atoms with E-state index in [9.17, 15) is 24.3 Å². The predicted molar refractivity (Wildman–Crippen MR) is 160 cm³/mol. The number of fused-ring (bicyclic) bond motifs is 4. The minimum atomic E-state index is -1.12. The van der Waals surface area contributed by atoms with Gasteiger partial charge in [0.2, 0.25) is 5.91 Å². The van der Waals surface area contributed by atoms with Crippen LogP contribution in [0.1, 0.15) is 62.0 Å². The van der Waals surface area contributed by atoms with Gasteiger partial charge in [0.1, 0.15) is 12.6 Å². The number of rotatable bonds is 14. The summed E-state index contributed by atoms with van der Waals surface area (Å²) >= 11 is 1.87. The van der Waals surface area contributed by atoms with E-state index >= 15 is 0 Å². The highest BCUT2D eigenvalue weighted by atomic mass is 32.2. The average molecular weight is 595 g/mol. The number of urea groups is 1. The van der Waals surface area contributed by atoms with E-state index < -0.39 is 18.1 Å². The number of hydrogen-bond acceptors (Lipinski definition) is 6. The van der Waals surface area contributed by atoms with Crippen molar-refractivity contribution < 1.29 is 29.0 Å². The zero-order valence-corrected chi connectivity index (χ0v) is 24.3. The topological polar surface area (TPSA) is 146 Å². The SMILES string of the molecule is O=C(CCCC[C@@H]1SC[C@@H]2NC(=O)N[C@H]21)NCCCC[C@@H](NC(=O)OCC1c2ccccc2-c2ccccc21)C(=O)O. The molecule has 2 saturated heterocycles. The Balaban J connectivity index is 0.954. The van der Waals surface area contributed by atoms with E-state index in [1.165, 1.54) is 0 Å². The number of thioether (sulfide) groups is 1. The summed E-state index contributed by atoms with van der Waals surface area (Å²) in [6.45, 7) is 0.572. The van der Waals surface area contributed by atoms with Gasteiger partial charge in [-0.2, -0.15) is 11.8 Å². The van der Waals surface area contributed by atoms with E-state index in [1.807, 2.05) is 48.2 Å². The van der Waals surface area contributed by atoms with Gasteiger partial charge in [-0.05, 0) is 54.4 Å². The molecule has 0 bridgehead atoms. The number of carboxylic acids is 1. The first-order valence-corrected chi connectivity index (χ1v) is 15.7. The molecule has 3 aliphatic rings. The van der Waals surface area contributed by atoms with Crippen LogP contribution in [-0.2, 0) is 14.3 Å². The zero-order valence-electron chi connectivity index (χ0n) is 23.5. The molecular formula is C31H38N4O6S. The lowest BCUT2D eigenvalue weighted by molar-refractivity contribution is -0.139. The highest BCUT2D eigenvalue weighted by Crippen LogP contribution is 2.44. The van der Waals surface area contributed by atoms with Crippen LogP contribution < -0.4 is 21.3 Å². The van der Waals surface area contributed by atoms with Crippen LogP contribution in [0.3, 0.4) is 0 Å². The van der Waals surface area contributed by atoms with Crippen LogP contribution in [0.4, 0.5) is 9.59 Å². The van der Waals surface area contributed by atoms with Crippen molar-refractivity contribution in [3.8, 4) is 11.1 Å². The molecule has 5 N–H and O–H groups in total. The van der Waals surface area contributed by atoms with Crippen molar-refractivity contribution >= 4 is 35.8 Å². The van der Waals surface area contributed by atoms with Crippen molar-refractivity contribution in [1.29, 1.82) is 0 Å². The Morgan fingerprint density at radius 3 is 2.40 bits per heavy atom. The average Bonchev–Trinajstić information content (AvgIpc) is 3.64. The van der Waals surface area contributed by atoms with Crippen LogP contribution >= 0.6 is 11.8 Å². The van der Waals surface area contributed by atoms with Gasteiger partial charge < -0.3 is 31.1 Å². The number of benzene rings is 2. The molecule has 11 heteroatoms. The van der Waals surface area contributed by atoms with Crippen molar-refractivity contribution in [2.45, 2.75) is 74.2 Å². The Bertz CT molecular complexity index is 1260. The maximum atomic E-state index is 12.5. The molecule has 0 radical (unpaired) electrons. The quantitative estimate of drug-likeness (QED) is 0.164. The molecule has 1 aliphatic carbocycles. The van der Waals surface area contributed by atoms with Crippen molar-refractivity contribution in [3.05, 3.63) is 59.7 Å². The number of alkyl carbamates (subject to hydrolysis) is 1. The minimum absolute atomic E-state index is 0.0191. The fraction of sp³-hybridized carbons (Fsp3) is 0.484. The third-order valence-electron chi connectivity index (χ3n) is 8.26. The molecule has 10 nitrogen and oxygen atoms in total. The predicted octanol–water partition coefficient (Wildman–Crippen LogP) is 3.99. The maximum absolute atomic E-state index is 12.5. The highest BCUT2D eigenvalue weighted by Gasteiger charge is 2.42. The van der Waals surface area contributed by atoms with Crippen LogP contribution in [0.25, 0.3) is 11.1 Å². The number of carboxylic acid groups (broad SMARTS) is 1. The summed E-state index contributed by atoms with van der Waals surface area (Å²) in [4.78, 5) is 48.0. The van der Waals surface area contributed by atoms with Crippen LogP contribution in [0.15, 0.2) is 48.5 Å². The normalized spacial score (nSPS) is 21.0. The van der Waals surface area contributed by atoms with E-state index in [0.717, 1.165) is 47.3 Å². The van der Waals surface area contributed by atoms with Crippen LogP contribution in [0.5, 0.6) is 0 Å². The van der Waals surface area contributed by atoms with Gasteiger partial charge in [-0.25, -0.2) is 14.4 Å². The number of nitrogens with one attached hydrogen (secondary N) is 4.